The Labute approximate surface area is 113 Å². The van der Waals surface area contributed by atoms with E-state index in [-0.39, 0.29) is 11.1 Å². The first-order valence-corrected chi connectivity index (χ1v) is 6.35. The van der Waals surface area contributed by atoms with E-state index in [1.165, 1.54) is 0 Å². The van der Waals surface area contributed by atoms with E-state index in [0.29, 0.717) is 16.4 Å². The molecule has 0 aliphatic carbocycles. The van der Waals surface area contributed by atoms with Crippen LogP contribution in [0.4, 0.5) is 0 Å². The highest BCUT2D eigenvalue weighted by molar-refractivity contribution is 8.18. The van der Waals surface area contributed by atoms with Crippen LogP contribution in [0.25, 0.3) is 17.5 Å². The number of nitrogens with one attached hydrogen (secondary N) is 2. The van der Waals surface area contributed by atoms with E-state index < -0.39 is 0 Å². The second-order valence-electron chi connectivity index (χ2n) is 3.81. The molecule has 3 rings (SSSR count). The molecule has 5 nitrogen and oxygen atoms in total. The summed E-state index contributed by atoms with van der Waals surface area (Å²) in [6, 6.07) is 9.14. The molecule has 0 bridgehead atoms. The third-order valence-corrected chi connectivity index (χ3v) is 3.31. The van der Waals surface area contributed by atoms with E-state index in [2.05, 4.69) is 10.3 Å². The van der Waals surface area contributed by atoms with Gasteiger partial charge in [-0.25, -0.2) is 0 Å². The highest BCUT2D eigenvalue weighted by atomic mass is 32.2. The third-order valence-electron chi connectivity index (χ3n) is 2.48. The van der Waals surface area contributed by atoms with Crippen LogP contribution in [0.2, 0.25) is 0 Å². The number of thioether (sulfide) groups is 1. The molecule has 2 N–H and O–H groups in total. The van der Waals surface area contributed by atoms with Gasteiger partial charge in [-0.15, -0.1) is 0 Å². The molecule has 0 aromatic carbocycles. The van der Waals surface area contributed by atoms with Gasteiger partial charge in [-0.05, 0) is 36.0 Å². The van der Waals surface area contributed by atoms with Crippen molar-refractivity contribution in [3.05, 3.63) is 47.2 Å². The van der Waals surface area contributed by atoms with Gasteiger partial charge in [0.15, 0.2) is 10.9 Å². The molecule has 2 aromatic heterocycles. The highest BCUT2D eigenvalue weighted by Crippen LogP contribution is 2.27. The number of rotatable bonds is 2. The molecule has 0 spiro atoms. The van der Waals surface area contributed by atoms with Gasteiger partial charge in [0.2, 0.25) is 0 Å². The summed E-state index contributed by atoms with van der Waals surface area (Å²) in [7, 11) is 0. The van der Waals surface area contributed by atoms with Crippen LogP contribution in [0, 0.1) is 5.41 Å². The Bertz CT molecular complexity index is 676. The summed E-state index contributed by atoms with van der Waals surface area (Å²) in [5.74, 6) is 0.935. The van der Waals surface area contributed by atoms with Gasteiger partial charge in [0.1, 0.15) is 11.5 Å². The smallest absolute Gasteiger partial charge is 0.264 e. The van der Waals surface area contributed by atoms with Crippen molar-refractivity contribution in [3.63, 3.8) is 0 Å². The van der Waals surface area contributed by atoms with Crippen molar-refractivity contribution in [2.45, 2.75) is 0 Å². The molecule has 2 aromatic rings. The molecule has 0 atom stereocenters. The summed E-state index contributed by atoms with van der Waals surface area (Å²) < 4.78 is 5.61. The molecule has 0 radical (unpaired) electrons. The Hall–Kier alpha value is -2.34. The maximum Gasteiger partial charge on any atom is 0.264 e. The van der Waals surface area contributed by atoms with Crippen LogP contribution < -0.4 is 5.32 Å². The van der Waals surface area contributed by atoms with Crippen LogP contribution in [-0.2, 0) is 4.79 Å². The normalized spacial score (nSPS) is 16.9. The average Bonchev–Trinajstić information content (AvgIpc) is 2.99. The van der Waals surface area contributed by atoms with Gasteiger partial charge in [0, 0.05) is 12.3 Å². The zero-order chi connectivity index (χ0) is 13.2. The zero-order valence-corrected chi connectivity index (χ0v) is 10.5. The van der Waals surface area contributed by atoms with Crippen molar-refractivity contribution in [2.75, 3.05) is 0 Å². The van der Waals surface area contributed by atoms with Gasteiger partial charge in [0.05, 0.1) is 4.91 Å². The minimum absolute atomic E-state index is 0.132. The monoisotopic (exact) mass is 271 g/mol. The molecule has 1 aliphatic rings. The van der Waals surface area contributed by atoms with Gasteiger partial charge >= 0.3 is 0 Å². The standard InChI is InChI=1S/C13H9N3O2S/c14-13-16-12(17)11(19-13)7-8-4-5-10(18-8)9-3-1-2-6-15-9/h1-7H,(H2,14,16,17)/b11-7+. The van der Waals surface area contributed by atoms with Crippen LogP contribution in [0.3, 0.4) is 0 Å². The van der Waals surface area contributed by atoms with Crippen molar-refractivity contribution in [1.29, 1.82) is 5.41 Å². The van der Waals surface area contributed by atoms with Crippen LogP contribution in [0.5, 0.6) is 0 Å². The van der Waals surface area contributed by atoms with Crippen LogP contribution in [-0.4, -0.2) is 16.1 Å². The van der Waals surface area contributed by atoms with Crippen LogP contribution in [0.1, 0.15) is 5.76 Å². The molecule has 1 aliphatic heterocycles. The summed E-state index contributed by atoms with van der Waals surface area (Å²) in [6.07, 6.45) is 3.31. The number of amides is 1. The number of carbonyl (C=O) groups is 1. The summed E-state index contributed by atoms with van der Waals surface area (Å²) in [4.78, 5) is 16.1. The lowest BCUT2D eigenvalue weighted by Crippen LogP contribution is -2.18. The Balaban J connectivity index is 1.89. The molecular weight excluding hydrogens is 262 g/mol. The first-order valence-electron chi connectivity index (χ1n) is 5.53. The molecule has 1 saturated heterocycles. The lowest BCUT2D eigenvalue weighted by molar-refractivity contribution is -0.115. The summed E-state index contributed by atoms with van der Waals surface area (Å²) >= 11 is 1.08. The zero-order valence-electron chi connectivity index (χ0n) is 9.71. The van der Waals surface area contributed by atoms with Gasteiger partial charge in [-0.3, -0.25) is 15.2 Å². The van der Waals surface area contributed by atoms with Crippen molar-refractivity contribution in [2.24, 2.45) is 0 Å². The first-order chi connectivity index (χ1) is 9.22. The predicted octanol–water partition coefficient (Wildman–Crippen LogP) is 2.48. The second-order valence-corrected chi connectivity index (χ2v) is 4.86. The molecule has 1 fully saturated rings. The lowest BCUT2D eigenvalue weighted by Gasteiger charge is -1.94. The van der Waals surface area contributed by atoms with E-state index in [1.807, 2.05) is 18.2 Å². The van der Waals surface area contributed by atoms with Crippen molar-refractivity contribution in [1.82, 2.24) is 10.3 Å². The van der Waals surface area contributed by atoms with Crippen LogP contribution in [0.15, 0.2) is 45.9 Å². The minimum Gasteiger partial charge on any atom is -0.455 e. The van der Waals surface area contributed by atoms with Gasteiger partial charge in [-0.1, -0.05) is 6.07 Å². The minimum atomic E-state index is -0.272. The molecule has 0 saturated carbocycles. The summed E-state index contributed by atoms with van der Waals surface area (Å²) in [6.45, 7) is 0. The second kappa shape index (κ2) is 4.74. The number of amidine groups is 1. The SMILES string of the molecule is N=C1NC(=O)/C(=C\c2ccc(-c3ccccn3)o2)S1. The fourth-order valence-corrected chi connectivity index (χ4v) is 2.33. The fourth-order valence-electron chi connectivity index (χ4n) is 1.65. The predicted molar refractivity (Wildman–Crippen MR) is 73.4 cm³/mol. The number of furan rings is 1. The number of hydrogen-bond donors (Lipinski definition) is 2. The summed E-state index contributed by atoms with van der Waals surface area (Å²) in [5.41, 5.74) is 0.739. The maximum atomic E-state index is 11.5. The van der Waals surface area contributed by atoms with E-state index in [1.54, 1.807) is 24.4 Å². The van der Waals surface area contributed by atoms with Crippen molar-refractivity contribution >= 4 is 28.9 Å². The Kier molecular flexibility index (Phi) is 2.92. The van der Waals surface area contributed by atoms with Gasteiger partial charge in [-0.2, -0.15) is 0 Å². The topological polar surface area (TPSA) is 79.0 Å². The number of aromatic nitrogens is 1. The molecule has 94 valence electrons. The quantitative estimate of drug-likeness (QED) is 0.822. The largest absolute Gasteiger partial charge is 0.455 e. The van der Waals surface area contributed by atoms with Crippen LogP contribution >= 0.6 is 11.8 Å². The highest BCUT2D eigenvalue weighted by Gasteiger charge is 2.22. The van der Waals surface area contributed by atoms with E-state index in [9.17, 15) is 4.79 Å². The van der Waals surface area contributed by atoms with Gasteiger partial charge in [0.25, 0.3) is 5.91 Å². The number of hydrogen-bond acceptors (Lipinski definition) is 5. The van der Waals surface area contributed by atoms with Crippen molar-refractivity contribution in [3.8, 4) is 11.5 Å². The Morgan fingerprint density at radius 1 is 1.32 bits per heavy atom. The Morgan fingerprint density at radius 3 is 2.89 bits per heavy atom. The van der Waals surface area contributed by atoms with E-state index >= 15 is 0 Å². The lowest BCUT2D eigenvalue weighted by atomic mass is 10.3. The van der Waals surface area contributed by atoms with Gasteiger partial charge < -0.3 is 9.73 Å². The summed E-state index contributed by atoms with van der Waals surface area (Å²) in [5, 5.41) is 9.91. The molecular formula is C13H9N3O2S. The Morgan fingerprint density at radius 2 is 2.21 bits per heavy atom. The average molecular weight is 271 g/mol. The van der Waals surface area contributed by atoms with E-state index in [0.717, 1.165) is 17.5 Å². The van der Waals surface area contributed by atoms with Crippen molar-refractivity contribution < 1.29 is 9.21 Å². The maximum absolute atomic E-state index is 11.5. The third kappa shape index (κ3) is 2.43. The molecule has 3 heterocycles. The number of pyridine rings is 1. The fraction of sp³-hybridized carbons (Fsp3) is 0. The first kappa shape index (κ1) is 11.7. The molecule has 6 heteroatoms. The van der Waals surface area contributed by atoms with E-state index in [4.69, 9.17) is 9.83 Å². The number of carbonyl (C=O) groups excluding carboxylic acids is 1. The molecule has 0 unspecified atom stereocenters. The number of nitrogens with zero attached hydrogens (tertiary/aromatic N) is 1. The molecule has 1 amide bonds. The molecule has 19 heavy (non-hydrogen) atoms.